The maximum absolute atomic E-state index is 11.8. The van der Waals surface area contributed by atoms with Crippen LogP contribution in [0, 0.1) is 6.92 Å². The number of halogens is 1. The van der Waals surface area contributed by atoms with E-state index in [1.807, 2.05) is 24.3 Å². The third-order valence-electron chi connectivity index (χ3n) is 2.32. The second-order valence-corrected chi connectivity index (χ2v) is 3.71. The van der Waals surface area contributed by atoms with Gasteiger partial charge in [0, 0.05) is 12.4 Å². The van der Waals surface area contributed by atoms with E-state index in [0.29, 0.717) is 18.1 Å². The fourth-order valence-electron chi connectivity index (χ4n) is 1.63. The monoisotopic (exact) mass is 222 g/mol. The van der Waals surface area contributed by atoms with Gasteiger partial charge < -0.3 is 4.57 Å². The molecule has 1 aromatic heterocycles. The Morgan fingerprint density at radius 2 is 2.13 bits per heavy atom. The normalized spacial score (nSPS) is 10.8. The highest BCUT2D eigenvalue weighted by molar-refractivity contribution is 6.17. The molecule has 1 heterocycles. The van der Waals surface area contributed by atoms with Gasteiger partial charge in [-0.05, 0) is 19.1 Å². The molecule has 0 unspecified atom stereocenters. The molecule has 2 aromatic rings. The van der Waals surface area contributed by atoms with E-state index < -0.39 is 0 Å². The Bertz CT molecular complexity index is 548. The molecular formula is C11H11ClN2O. The number of alkyl halides is 1. The first kappa shape index (κ1) is 10.2. The van der Waals surface area contributed by atoms with Crippen molar-refractivity contribution in [3.05, 3.63) is 40.3 Å². The van der Waals surface area contributed by atoms with Crippen molar-refractivity contribution >= 4 is 22.6 Å². The van der Waals surface area contributed by atoms with E-state index in [2.05, 4.69) is 4.98 Å². The van der Waals surface area contributed by atoms with Crippen LogP contribution in [0.5, 0.6) is 0 Å². The summed E-state index contributed by atoms with van der Waals surface area (Å²) in [5, 5.41) is 0. The molecule has 4 heteroatoms. The van der Waals surface area contributed by atoms with E-state index in [-0.39, 0.29) is 5.56 Å². The SMILES string of the molecule is Cc1nc2ccccc2n(CCCl)c1=O. The second kappa shape index (κ2) is 4.03. The summed E-state index contributed by atoms with van der Waals surface area (Å²) in [6, 6.07) is 7.58. The standard InChI is InChI=1S/C11H11ClN2O/c1-8-11(15)14(7-6-12)10-5-3-2-4-9(10)13-8/h2-5H,6-7H2,1H3. The number of hydrogen-bond donors (Lipinski definition) is 0. The van der Waals surface area contributed by atoms with Gasteiger partial charge in [0.15, 0.2) is 0 Å². The van der Waals surface area contributed by atoms with Crippen molar-refractivity contribution in [2.45, 2.75) is 13.5 Å². The summed E-state index contributed by atoms with van der Waals surface area (Å²) in [7, 11) is 0. The zero-order chi connectivity index (χ0) is 10.8. The summed E-state index contributed by atoms with van der Waals surface area (Å²) in [6.07, 6.45) is 0. The molecule has 0 amide bonds. The average Bonchev–Trinajstić information content (AvgIpc) is 2.25. The predicted molar refractivity (Wildman–Crippen MR) is 61.5 cm³/mol. The van der Waals surface area contributed by atoms with Crippen LogP contribution in [-0.4, -0.2) is 15.4 Å². The lowest BCUT2D eigenvalue weighted by Gasteiger charge is -2.08. The lowest BCUT2D eigenvalue weighted by Crippen LogP contribution is -2.24. The molecule has 0 aliphatic rings. The summed E-state index contributed by atoms with van der Waals surface area (Å²) in [5.41, 5.74) is 2.13. The Hall–Kier alpha value is -1.35. The Morgan fingerprint density at radius 1 is 1.40 bits per heavy atom. The number of nitrogens with zero attached hydrogens (tertiary/aromatic N) is 2. The van der Waals surface area contributed by atoms with Crippen molar-refractivity contribution in [1.82, 2.24) is 9.55 Å². The number of rotatable bonds is 2. The predicted octanol–water partition coefficient (Wildman–Crippen LogP) is 1.94. The number of fused-ring (bicyclic) bond motifs is 1. The fraction of sp³-hybridized carbons (Fsp3) is 0.273. The highest BCUT2D eigenvalue weighted by Gasteiger charge is 2.06. The molecule has 3 nitrogen and oxygen atoms in total. The average molecular weight is 223 g/mol. The molecule has 0 bridgehead atoms. The van der Waals surface area contributed by atoms with E-state index in [4.69, 9.17) is 11.6 Å². The maximum Gasteiger partial charge on any atom is 0.272 e. The molecule has 0 N–H and O–H groups in total. The summed E-state index contributed by atoms with van der Waals surface area (Å²) >= 11 is 5.68. The molecule has 0 spiro atoms. The Morgan fingerprint density at radius 3 is 2.87 bits per heavy atom. The van der Waals surface area contributed by atoms with Crippen LogP contribution in [0.1, 0.15) is 5.69 Å². The number of hydrogen-bond acceptors (Lipinski definition) is 2. The molecular weight excluding hydrogens is 212 g/mol. The number of para-hydroxylation sites is 2. The van der Waals surface area contributed by atoms with E-state index >= 15 is 0 Å². The number of benzene rings is 1. The topological polar surface area (TPSA) is 34.9 Å². The summed E-state index contributed by atoms with van der Waals surface area (Å²) in [4.78, 5) is 16.1. The summed E-state index contributed by atoms with van der Waals surface area (Å²) < 4.78 is 1.67. The maximum atomic E-state index is 11.8. The van der Waals surface area contributed by atoms with Crippen molar-refractivity contribution in [3.8, 4) is 0 Å². The van der Waals surface area contributed by atoms with Gasteiger partial charge in [-0.25, -0.2) is 4.98 Å². The van der Waals surface area contributed by atoms with Gasteiger partial charge in [0.1, 0.15) is 5.69 Å². The van der Waals surface area contributed by atoms with Gasteiger partial charge in [0.25, 0.3) is 5.56 Å². The molecule has 0 radical (unpaired) electrons. The zero-order valence-corrected chi connectivity index (χ0v) is 9.16. The van der Waals surface area contributed by atoms with E-state index in [1.54, 1.807) is 11.5 Å². The second-order valence-electron chi connectivity index (χ2n) is 3.33. The van der Waals surface area contributed by atoms with Crippen molar-refractivity contribution in [3.63, 3.8) is 0 Å². The third kappa shape index (κ3) is 1.75. The largest absolute Gasteiger partial charge is 0.304 e. The molecule has 0 aliphatic carbocycles. The van der Waals surface area contributed by atoms with Crippen LogP contribution >= 0.6 is 11.6 Å². The van der Waals surface area contributed by atoms with Gasteiger partial charge in [0.05, 0.1) is 11.0 Å². The van der Waals surface area contributed by atoms with Crippen LogP contribution in [0.2, 0.25) is 0 Å². The first-order valence-corrected chi connectivity index (χ1v) is 5.29. The lowest BCUT2D eigenvalue weighted by atomic mass is 10.3. The quantitative estimate of drug-likeness (QED) is 0.728. The van der Waals surface area contributed by atoms with Crippen LogP contribution in [0.4, 0.5) is 0 Å². The van der Waals surface area contributed by atoms with Crippen molar-refractivity contribution < 1.29 is 0 Å². The molecule has 2 rings (SSSR count). The van der Waals surface area contributed by atoms with Crippen molar-refractivity contribution in [2.24, 2.45) is 0 Å². The molecule has 0 saturated carbocycles. The molecule has 78 valence electrons. The molecule has 0 atom stereocenters. The van der Waals surface area contributed by atoms with Crippen LogP contribution < -0.4 is 5.56 Å². The molecule has 1 aromatic carbocycles. The molecule has 0 fully saturated rings. The van der Waals surface area contributed by atoms with E-state index in [9.17, 15) is 4.79 Å². The minimum atomic E-state index is -0.0608. The third-order valence-corrected chi connectivity index (χ3v) is 2.49. The zero-order valence-electron chi connectivity index (χ0n) is 8.40. The van der Waals surface area contributed by atoms with Crippen LogP contribution in [0.3, 0.4) is 0 Å². The lowest BCUT2D eigenvalue weighted by molar-refractivity contribution is 0.749. The summed E-state index contributed by atoms with van der Waals surface area (Å²) in [6.45, 7) is 2.24. The number of aryl methyl sites for hydroxylation is 2. The fourth-order valence-corrected chi connectivity index (χ4v) is 1.80. The Kier molecular flexibility index (Phi) is 2.73. The number of aromatic nitrogens is 2. The molecule has 0 aliphatic heterocycles. The van der Waals surface area contributed by atoms with E-state index in [1.165, 1.54) is 0 Å². The van der Waals surface area contributed by atoms with Gasteiger partial charge in [-0.15, -0.1) is 11.6 Å². The Balaban J connectivity index is 2.83. The van der Waals surface area contributed by atoms with E-state index in [0.717, 1.165) is 11.0 Å². The van der Waals surface area contributed by atoms with Crippen molar-refractivity contribution in [2.75, 3.05) is 5.88 Å². The Labute approximate surface area is 92.3 Å². The first-order chi connectivity index (χ1) is 7.24. The highest BCUT2D eigenvalue weighted by atomic mass is 35.5. The minimum absolute atomic E-state index is 0.0608. The molecule has 0 saturated heterocycles. The van der Waals surface area contributed by atoms with Gasteiger partial charge in [0.2, 0.25) is 0 Å². The van der Waals surface area contributed by atoms with Crippen LogP contribution in [0.15, 0.2) is 29.1 Å². The van der Waals surface area contributed by atoms with Crippen LogP contribution in [-0.2, 0) is 6.54 Å². The first-order valence-electron chi connectivity index (χ1n) is 4.76. The van der Waals surface area contributed by atoms with Gasteiger partial charge in [-0.2, -0.15) is 0 Å². The smallest absolute Gasteiger partial charge is 0.272 e. The highest BCUT2D eigenvalue weighted by Crippen LogP contribution is 2.09. The minimum Gasteiger partial charge on any atom is -0.304 e. The molecule has 15 heavy (non-hydrogen) atoms. The van der Waals surface area contributed by atoms with Crippen LogP contribution in [0.25, 0.3) is 11.0 Å². The van der Waals surface area contributed by atoms with Gasteiger partial charge >= 0.3 is 0 Å². The summed E-state index contributed by atoms with van der Waals surface area (Å²) in [5.74, 6) is 0.424. The van der Waals surface area contributed by atoms with Gasteiger partial charge in [-0.1, -0.05) is 12.1 Å². The van der Waals surface area contributed by atoms with Crippen molar-refractivity contribution in [1.29, 1.82) is 0 Å². The van der Waals surface area contributed by atoms with Gasteiger partial charge in [-0.3, -0.25) is 4.79 Å².